The summed E-state index contributed by atoms with van der Waals surface area (Å²) in [6, 6.07) is 3.30. The number of ether oxygens (including phenoxy) is 1. The maximum Gasteiger partial charge on any atom is 0.356 e. The van der Waals surface area contributed by atoms with E-state index in [1.165, 1.54) is 13.2 Å². The van der Waals surface area contributed by atoms with Crippen LogP contribution in [0.15, 0.2) is 24.4 Å². The monoisotopic (exact) mass is 257 g/mol. The predicted octanol–water partition coefficient (Wildman–Crippen LogP) is -0.651. The molecule has 0 saturated carbocycles. The molecule has 2 N–H and O–H groups in total. The van der Waals surface area contributed by atoms with Crippen molar-refractivity contribution in [3.8, 4) is 0 Å². The average Bonchev–Trinajstić information content (AvgIpc) is 2.78. The predicted molar refractivity (Wildman–Crippen MR) is 74.1 cm³/mol. The highest BCUT2D eigenvalue weighted by atomic mass is 16.5. The lowest BCUT2D eigenvalue weighted by atomic mass is 10.1. The van der Waals surface area contributed by atoms with Crippen LogP contribution in [0.3, 0.4) is 0 Å². The molecule has 8 heteroatoms. The summed E-state index contributed by atoms with van der Waals surface area (Å²) >= 11 is 0. The van der Waals surface area contributed by atoms with Crippen LogP contribution in [0.5, 0.6) is 0 Å². The van der Waals surface area contributed by atoms with Gasteiger partial charge in [0.05, 0.1) is 7.11 Å². The molecule has 0 unspecified atom stereocenters. The van der Waals surface area contributed by atoms with Gasteiger partial charge in [-0.25, -0.2) is 9.78 Å². The van der Waals surface area contributed by atoms with Crippen LogP contribution in [0.4, 0.5) is 5.82 Å². The van der Waals surface area contributed by atoms with Crippen molar-refractivity contribution in [2.45, 2.75) is 0 Å². The van der Waals surface area contributed by atoms with E-state index >= 15 is 0 Å². The van der Waals surface area contributed by atoms with Crippen molar-refractivity contribution in [2.75, 3.05) is 12.4 Å². The van der Waals surface area contributed by atoms with Gasteiger partial charge in [-0.05, 0) is 12.1 Å². The number of aromatic nitrogens is 3. The number of allylic oxidation sites excluding steroid dienone is 1. The van der Waals surface area contributed by atoms with Gasteiger partial charge < -0.3 is 15.5 Å². The number of esters is 1. The van der Waals surface area contributed by atoms with E-state index in [2.05, 4.69) is 20.1 Å². The molecule has 0 bridgehead atoms. The van der Waals surface area contributed by atoms with Gasteiger partial charge in [-0.2, -0.15) is 9.61 Å². The van der Waals surface area contributed by atoms with Crippen molar-refractivity contribution in [3.63, 3.8) is 0 Å². The Morgan fingerprint density at radius 1 is 1.58 bits per heavy atom. The molecule has 0 fully saturated rings. The molecular formula is C11H12BN5O2. The number of nitrogens with zero attached hydrogens (tertiary/aromatic N) is 3. The molecule has 0 aliphatic carbocycles. The van der Waals surface area contributed by atoms with Crippen LogP contribution in [-0.2, 0) is 4.74 Å². The standard InChI is InChI=1S/C11H12BN5O2/c1-19-11(18)7-5-9(14-4-2-3-13)17-10(15-7)6-8(12)16-17/h2-6,13-14H,12H2,1H3/b4-2-,13-3?. The Morgan fingerprint density at radius 2 is 2.37 bits per heavy atom. The second kappa shape index (κ2) is 5.34. The van der Waals surface area contributed by atoms with E-state index in [1.807, 2.05) is 7.85 Å². The van der Waals surface area contributed by atoms with E-state index in [9.17, 15) is 4.79 Å². The fraction of sp³-hybridized carbons (Fsp3) is 0.0909. The van der Waals surface area contributed by atoms with Crippen LogP contribution in [0.1, 0.15) is 10.5 Å². The van der Waals surface area contributed by atoms with E-state index < -0.39 is 5.97 Å². The number of hydrogen-bond donors (Lipinski definition) is 2. The molecule has 0 spiro atoms. The van der Waals surface area contributed by atoms with E-state index in [4.69, 9.17) is 5.41 Å². The lowest BCUT2D eigenvalue weighted by Crippen LogP contribution is -2.10. The molecule has 7 nitrogen and oxygen atoms in total. The van der Waals surface area contributed by atoms with E-state index in [0.29, 0.717) is 11.5 Å². The first-order chi connectivity index (χ1) is 9.15. The second-order valence-corrected chi connectivity index (χ2v) is 3.74. The molecule has 96 valence electrons. The van der Waals surface area contributed by atoms with Gasteiger partial charge in [0, 0.05) is 24.1 Å². The Kier molecular flexibility index (Phi) is 3.60. The van der Waals surface area contributed by atoms with Crippen molar-refractivity contribution in [1.29, 1.82) is 5.41 Å². The normalized spacial score (nSPS) is 10.8. The zero-order valence-corrected chi connectivity index (χ0v) is 10.5. The smallest absolute Gasteiger partial charge is 0.356 e. The van der Waals surface area contributed by atoms with Crippen LogP contribution < -0.4 is 10.9 Å². The maximum atomic E-state index is 11.5. The third kappa shape index (κ3) is 2.62. The minimum absolute atomic E-state index is 0.195. The first-order valence-electron chi connectivity index (χ1n) is 5.53. The molecule has 2 aromatic rings. The number of hydrogen-bond acceptors (Lipinski definition) is 6. The summed E-state index contributed by atoms with van der Waals surface area (Å²) in [5.74, 6) is 0.0528. The molecule has 0 aliphatic heterocycles. The highest BCUT2D eigenvalue weighted by molar-refractivity contribution is 6.31. The van der Waals surface area contributed by atoms with Gasteiger partial charge in [0.15, 0.2) is 19.2 Å². The van der Waals surface area contributed by atoms with Crippen molar-refractivity contribution < 1.29 is 9.53 Å². The highest BCUT2D eigenvalue weighted by Gasteiger charge is 2.13. The van der Waals surface area contributed by atoms with Gasteiger partial charge in [0.1, 0.15) is 5.82 Å². The van der Waals surface area contributed by atoms with Crippen LogP contribution >= 0.6 is 0 Å². The number of fused-ring (bicyclic) bond motifs is 1. The third-order valence-electron chi connectivity index (χ3n) is 2.37. The number of nitrogens with one attached hydrogen (secondary N) is 2. The van der Waals surface area contributed by atoms with E-state index in [0.717, 1.165) is 11.8 Å². The summed E-state index contributed by atoms with van der Waals surface area (Å²) in [6.07, 6.45) is 4.22. The summed E-state index contributed by atoms with van der Waals surface area (Å²) < 4.78 is 6.24. The van der Waals surface area contributed by atoms with Gasteiger partial charge in [-0.15, -0.1) is 0 Å². The number of rotatable bonds is 4. The molecule has 0 atom stereocenters. The van der Waals surface area contributed by atoms with Crippen molar-refractivity contribution in [3.05, 3.63) is 30.1 Å². The fourth-order valence-electron chi connectivity index (χ4n) is 1.58. The maximum absolute atomic E-state index is 11.5. The van der Waals surface area contributed by atoms with Gasteiger partial charge in [-0.3, -0.25) is 0 Å². The summed E-state index contributed by atoms with van der Waals surface area (Å²) in [4.78, 5) is 15.7. The van der Waals surface area contributed by atoms with Gasteiger partial charge in [0.25, 0.3) is 0 Å². The quantitative estimate of drug-likeness (QED) is 0.431. The number of carbonyl (C=O) groups is 1. The molecular weight excluding hydrogens is 245 g/mol. The molecule has 19 heavy (non-hydrogen) atoms. The van der Waals surface area contributed by atoms with Crippen LogP contribution in [0, 0.1) is 5.41 Å². The molecule has 0 radical (unpaired) electrons. The van der Waals surface area contributed by atoms with Gasteiger partial charge >= 0.3 is 5.97 Å². The molecule has 0 saturated heterocycles. The fourth-order valence-corrected chi connectivity index (χ4v) is 1.58. The van der Waals surface area contributed by atoms with Gasteiger partial charge in [-0.1, -0.05) is 0 Å². The zero-order valence-electron chi connectivity index (χ0n) is 10.5. The number of carbonyl (C=O) groups excluding carboxylic acids is 1. The molecule has 2 heterocycles. The Bertz CT molecular complexity index is 664. The largest absolute Gasteiger partial charge is 0.464 e. The molecule has 0 aliphatic rings. The van der Waals surface area contributed by atoms with Crippen molar-refractivity contribution in [1.82, 2.24) is 14.6 Å². The topological polar surface area (TPSA) is 92.4 Å². The summed E-state index contributed by atoms with van der Waals surface area (Å²) in [5.41, 5.74) is 1.53. The molecule has 0 aromatic carbocycles. The zero-order chi connectivity index (χ0) is 13.8. The molecule has 2 rings (SSSR count). The van der Waals surface area contributed by atoms with Crippen LogP contribution in [-0.4, -0.2) is 41.7 Å². The number of methoxy groups -OCH3 is 1. The Labute approximate surface area is 110 Å². The summed E-state index contributed by atoms with van der Waals surface area (Å²) in [7, 11) is 3.14. The third-order valence-corrected chi connectivity index (χ3v) is 2.37. The van der Waals surface area contributed by atoms with Gasteiger partial charge in [0.2, 0.25) is 0 Å². The lowest BCUT2D eigenvalue weighted by molar-refractivity contribution is 0.0594. The minimum Gasteiger partial charge on any atom is -0.464 e. The Hall–Kier alpha value is -2.64. The van der Waals surface area contributed by atoms with Crippen LogP contribution in [0.2, 0.25) is 0 Å². The van der Waals surface area contributed by atoms with E-state index in [1.54, 1.807) is 22.8 Å². The lowest BCUT2D eigenvalue weighted by Gasteiger charge is -2.06. The molecule has 0 amide bonds. The minimum atomic E-state index is -0.513. The average molecular weight is 257 g/mol. The second-order valence-electron chi connectivity index (χ2n) is 3.74. The Morgan fingerprint density at radius 3 is 3.05 bits per heavy atom. The first-order valence-corrected chi connectivity index (χ1v) is 5.53. The highest BCUT2D eigenvalue weighted by Crippen LogP contribution is 2.12. The van der Waals surface area contributed by atoms with Crippen LogP contribution in [0.25, 0.3) is 5.65 Å². The first kappa shape index (κ1) is 12.8. The summed E-state index contributed by atoms with van der Waals surface area (Å²) in [5, 5.41) is 14.1. The van der Waals surface area contributed by atoms with E-state index in [-0.39, 0.29) is 5.69 Å². The van der Waals surface area contributed by atoms with Crippen molar-refractivity contribution in [2.24, 2.45) is 0 Å². The number of anilines is 1. The SMILES string of the molecule is Bc1cc2nc(C(=O)OC)cc(N/C=C\C=N)n2n1. The summed E-state index contributed by atoms with van der Waals surface area (Å²) in [6.45, 7) is 0. The molecule has 2 aromatic heterocycles. The van der Waals surface area contributed by atoms with Crippen molar-refractivity contribution >= 4 is 37.1 Å². The Balaban J connectivity index is 2.53.